The van der Waals surface area contributed by atoms with Gasteiger partial charge in [-0.1, -0.05) is 11.8 Å². The molecule has 0 atom stereocenters. The molecule has 1 aliphatic heterocycles. The predicted octanol–water partition coefficient (Wildman–Crippen LogP) is 1.67. The fourth-order valence-corrected chi connectivity index (χ4v) is 4.42. The number of thiazole rings is 1. The fraction of sp³-hybridized carbons (Fsp3) is 0.529. The van der Waals surface area contributed by atoms with Crippen LogP contribution in [0.15, 0.2) is 33.3 Å². The summed E-state index contributed by atoms with van der Waals surface area (Å²) in [7, 11) is 1.85. The monoisotopic (exact) mass is 407 g/mol. The van der Waals surface area contributed by atoms with Gasteiger partial charge in [0.15, 0.2) is 5.96 Å². The quantitative estimate of drug-likeness (QED) is 0.326. The van der Waals surface area contributed by atoms with E-state index in [-0.39, 0.29) is 5.91 Å². The zero-order valence-corrected chi connectivity index (χ0v) is 17.3. The van der Waals surface area contributed by atoms with Gasteiger partial charge in [0.1, 0.15) is 10.9 Å². The van der Waals surface area contributed by atoms with E-state index in [9.17, 15) is 4.79 Å². The molecule has 0 aromatic carbocycles. The van der Waals surface area contributed by atoms with E-state index in [1.54, 1.807) is 38.9 Å². The van der Waals surface area contributed by atoms with Crippen LogP contribution in [0.4, 0.5) is 5.69 Å². The number of aromatic nitrogens is 3. The zero-order chi connectivity index (χ0) is 19.1. The normalized spacial score (nSPS) is 15.5. The van der Waals surface area contributed by atoms with E-state index in [4.69, 9.17) is 4.99 Å². The highest BCUT2D eigenvalue weighted by molar-refractivity contribution is 8.00. The van der Waals surface area contributed by atoms with E-state index < -0.39 is 0 Å². The maximum absolute atomic E-state index is 12.6. The molecule has 10 heteroatoms. The SMILES string of the molecule is CCNC(=NCCCSc1nccs1)N1CCN(c2cnn(C)c2)C(=O)C1. The van der Waals surface area contributed by atoms with Crippen LogP contribution in [-0.2, 0) is 11.8 Å². The van der Waals surface area contributed by atoms with Gasteiger partial charge < -0.3 is 15.1 Å². The lowest BCUT2D eigenvalue weighted by atomic mass is 10.3. The summed E-state index contributed by atoms with van der Waals surface area (Å²) in [6.45, 7) is 5.27. The molecule has 8 nitrogen and oxygen atoms in total. The van der Waals surface area contributed by atoms with Gasteiger partial charge in [-0.2, -0.15) is 5.10 Å². The second-order valence-electron chi connectivity index (χ2n) is 6.07. The molecule has 2 aromatic rings. The molecule has 1 aliphatic rings. The van der Waals surface area contributed by atoms with Crippen molar-refractivity contribution in [2.75, 3.05) is 43.4 Å². The minimum absolute atomic E-state index is 0.0687. The fourth-order valence-electron chi connectivity index (χ4n) is 2.79. The number of piperazine rings is 1. The topological polar surface area (TPSA) is 78.7 Å². The number of nitrogens with zero attached hydrogens (tertiary/aromatic N) is 6. The van der Waals surface area contributed by atoms with Crippen LogP contribution in [0.5, 0.6) is 0 Å². The first-order valence-corrected chi connectivity index (χ1v) is 10.9. The molecule has 0 aliphatic carbocycles. The molecular formula is C17H25N7OS2. The maximum Gasteiger partial charge on any atom is 0.246 e. The number of carbonyl (C=O) groups excluding carboxylic acids is 1. The Kier molecular flexibility index (Phi) is 7.11. The number of rotatable bonds is 7. The van der Waals surface area contributed by atoms with Gasteiger partial charge in [0, 0.05) is 56.8 Å². The second kappa shape index (κ2) is 9.75. The Balaban J connectivity index is 1.51. The smallest absolute Gasteiger partial charge is 0.246 e. The first-order valence-electron chi connectivity index (χ1n) is 9.02. The molecule has 146 valence electrons. The Bertz CT molecular complexity index is 759. The molecule has 0 radical (unpaired) electrons. The Morgan fingerprint density at radius 3 is 3.00 bits per heavy atom. The van der Waals surface area contributed by atoms with Crippen LogP contribution in [0.1, 0.15) is 13.3 Å². The summed E-state index contributed by atoms with van der Waals surface area (Å²) in [6.07, 6.45) is 6.40. The summed E-state index contributed by atoms with van der Waals surface area (Å²) >= 11 is 3.43. The third kappa shape index (κ3) is 5.46. The number of guanidine groups is 1. The molecule has 2 aromatic heterocycles. The van der Waals surface area contributed by atoms with E-state index in [1.807, 2.05) is 36.6 Å². The molecule has 0 bridgehead atoms. The lowest BCUT2D eigenvalue weighted by Crippen LogP contribution is -2.55. The summed E-state index contributed by atoms with van der Waals surface area (Å²) in [6, 6.07) is 0. The van der Waals surface area contributed by atoms with Crippen molar-refractivity contribution in [3.63, 3.8) is 0 Å². The van der Waals surface area contributed by atoms with Gasteiger partial charge in [-0.15, -0.1) is 11.3 Å². The van der Waals surface area contributed by atoms with Crippen LogP contribution >= 0.6 is 23.1 Å². The highest BCUT2D eigenvalue weighted by Gasteiger charge is 2.27. The van der Waals surface area contributed by atoms with Gasteiger partial charge >= 0.3 is 0 Å². The summed E-state index contributed by atoms with van der Waals surface area (Å²) in [5.41, 5.74) is 0.850. The van der Waals surface area contributed by atoms with Crippen LogP contribution in [0, 0.1) is 0 Å². The minimum atomic E-state index is 0.0687. The van der Waals surface area contributed by atoms with Crippen molar-refractivity contribution in [3.05, 3.63) is 24.0 Å². The third-order valence-electron chi connectivity index (χ3n) is 4.06. The molecule has 0 spiro atoms. The van der Waals surface area contributed by atoms with Gasteiger partial charge in [0.05, 0.1) is 11.9 Å². The molecule has 3 rings (SSSR count). The zero-order valence-electron chi connectivity index (χ0n) is 15.7. The van der Waals surface area contributed by atoms with Gasteiger partial charge in [0.2, 0.25) is 5.91 Å². The molecule has 0 unspecified atom stereocenters. The summed E-state index contributed by atoms with van der Waals surface area (Å²) < 4.78 is 2.81. The third-order valence-corrected chi connectivity index (χ3v) is 6.11. The Morgan fingerprint density at radius 2 is 2.33 bits per heavy atom. The molecule has 0 saturated carbocycles. The highest BCUT2D eigenvalue weighted by Crippen LogP contribution is 2.20. The number of nitrogens with one attached hydrogen (secondary N) is 1. The number of aliphatic imine (C=N–C) groups is 1. The van der Waals surface area contributed by atoms with Gasteiger partial charge in [-0.25, -0.2) is 4.98 Å². The molecule has 3 heterocycles. The number of anilines is 1. The summed E-state index contributed by atoms with van der Waals surface area (Å²) in [4.78, 5) is 25.4. The van der Waals surface area contributed by atoms with Crippen molar-refractivity contribution in [2.24, 2.45) is 12.0 Å². The number of amides is 1. The first kappa shape index (κ1) is 19.7. The van der Waals surface area contributed by atoms with Crippen molar-refractivity contribution in [1.82, 2.24) is 25.0 Å². The number of aryl methyl sites for hydroxylation is 1. The van der Waals surface area contributed by atoms with E-state index in [0.29, 0.717) is 13.1 Å². The van der Waals surface area contributed by atoms with Crippen LogP contribution in [0.25, 0.3) is 0 Å². The Morgan fingerprint density at radius 1 is 1.44 bits per heavy atom. The summed E-state index contributed by atoms with van der Waals surface area (Å²) in [5, 5.41) is 9.45. The van der Waals surface area contributed by atoms with Crippen molar-refractivity contribution in [3.8, 4) is 0 Å². The number of thioether (sulfide) groups is 1. The first-order chi connectivity index (χ1) is 13.2. The molecule has 1 N–H and O–H groups in total. The lowest BCUT2D eigenvalue weighted by molar-refractivity contribution is -0.120. The van der Waals surface area contributed by atoms with Gasteiger partial charge in [0.25, 0.3) is 0 Å². The minimum Gasteiger partial charge on any atom is -0.357 e. The lowest BCUT2D eigenvalue weighted by Gasteiger charge is -2.35. The highest BCUT2D eigenvalue weighted by atomic mass is 32.2. The molecule has 27 heavy (non-hydrogen) atoms. The van der Waals surface area contributed by atoms with Crippen molar-refractivity contribution >= 4 is 40.7 Å². The number of carbonyl (C=O) groups is 1. The predicted molar refractivity (Wildman–Crippen MR) is 111 cm³/mol. The van der Waals surface area contributed by atoms with Crippen molar-refractivity contribution < 1.29 is 4.79 Å². The average molecular weight is 408 g/mol. The average Bonchev–Trinajstić information content (AvgIpc) is 3.32. The van der Waals surface area contributed by atoms with E-state index in [2.05, 4.69) is 15.4 Å². The van der Waals surface area contributed by atoms with Crippen LogP contribution in [-0.4, -0.2) is 70.0 Å². The number of hydrogen-bond acceptors (Lipinski definition) is 6. The second-order valence-corrected chi connectivity index (χ2v) is 8.31. The van der Waals surface area contributed by atoms with Gasteiger partial charge in [-0.3, -0.25) is 14.5 Å². The van der Waals surface area contributed by atoms with Gasteiger partial charge in [-0.05, 0) is 13.3 Å². The largest absolute Gasteiger partial charge is 0.357 e. The Labute approximate surface area is 167 Å². The van der Waals surface area contributed by atoms with Crippen LogP contribution < -0.4 is 10.2 Å². The molecule has 1 saturated heterocycles. The standard InChI is InChI=1S/C17H25N7OS2/c1-3-18-16(19-5-4-9-26-17-20-6-10-27-17)23-7-8-24(15(25)13-23)14-11-21-22(2)12-14/h6,10-12H,3-5,7-9,13H2,1-2H3,(H,18,19). The molecular weight excluding hydrogens is 382 g/mol. The maximum atomic E-state index is 12.6. The Hall–Kier alpha value is -2.07. The van der Waals surface area contributed by atoms with Crippen molar-refractivity contribution in [1.29, 1.82) is 0 Å². The van der Waals surface area contributed by atoms with Crippen LogP contribution in [0.3, 0.4) is 0 Å². The molecule has 1 fully saturated rings. The van der Waals surface area contributed by atoms with E-state index >= 15 is 0 Å². The van der Waals surface area contributed by atoms with E-state index in [1.165, 1.54) is 0 Å². The number of hydrogen-bond donors (Lipinski definition) is 1. The van der Waals surface area contributed by atoms with E-state index in [0.717, 1.165) is 47.8 Å². The summed E-state index contributed by atoms with van der Waals surface area (Å²) in [5.74, 6) is 1.87. The van der Waals surface area contributed by atoms with Crippen LogP contribution in [0.2, 0.25) is 0 Å². The van der Waals surface area contributed by atoms with Crippen molar-refractivity contribution in [2.45, 2.75) is 17.7 Å². The molecule has 1 amide bonds.